The molecule has 0 aromatic heterocycles. The van der Waals surface area contributed by atoms with E-state index in [4.69, 9.17) is 0 Å². The number of amides is 2. The van der Waals surface area contributed by atoms with Crippen LogP contribution in [-0.2, 0) is 0 Å². The fraction of sp³-hybridized carbons (Fsp3) is 0.900. The summed E-state index contributed by atoms with van der Waals surface area (Å²) in [5, 5.41) is 15.5. The molecular formula is C10H19N3O2. The monoisotopic (exact) mass is 213 g/mol. The first-order chi connectivity index (χ1) is 7.27. The van der Waals surface area contributed by atoms with Crippen LogP contribution in [0.3, 0.4) is 0 Å². The Labute approximate surface area is 89.8 Å². The van der Waals surface area contributed by atoms with Gasteiger partial charge in [0.1, 0.15) is 0 Å². The van der Waals surface area contributed by atoms with Crippen LogP contribution in [0.25, 0.3) is 0 Å². The van der Waals surface area contributed by atoms with Crippen LogP contribution in [-0.4, -0.2) is 54.9 Å². The lowest BCUT2D eigenvalue weighted by molar-refractivity contribution is 0.148. The molecule has 1 unspecified atom stereocenters. The molecule has 5 heteroatoms. The first-order valence-corrected chi connectivity index (χ1v) is 5.69. The number of rotatable bonds is 6. The van der Waals surface area contributed by atoms with Gasteiger partial charge in [-0.05, 0) is 18.8 Å². The van der Waals surface area contributed by atoms with Crippen molar-refractivity contribution >= 4 is 6.03 Å². The molecule has 15 heavy (non-hydrogen) atoms. The van der Waals surface area contributed by atoms with Crippen LogP contribution in [0.5, 0.6) is 0 Å². The van der Waals surface area contributed by atoms with Crippen LogP contribution in [0.1, 0.15) is 12.8 Å². The standard InChI is InChI=1S/C10H19N3O2/c14-9(8-1-2-8)7-11-3-5-13-6-4-12-10(13)15/h8-9,11,14H,1-7H2,(H,12,15). The molecule has 0 aromatic rings. The van der Waals surface area contributed by atoms with E-state index >= 15 is 0 Å². The van der Waals surface area contributed by atoms with Crippen molar-refractivity contribution in [1.29, 1.82) is 0 Å². The van der Waals surface area contributed by atoms with E-state index in [1.165, 1.54) is 0 Å². The maximum Gasteiger partial charge on any atom is 0.317 e. The summed E-state index contributed by atoms with van der Waals surface area (Å²) in [4.78, 5) is 12.9. The summed E-state index contributed by atoms with van der Waals surface area (Å²) in [6.45, 7) is 3.69. The lowest BCUT2D eigenvalue weighted by Gasteiger charge is -2.15. The molecule has 1 heterocycles. The molecule has 2 amide bonds. The van der Waals surface area contributed by atoms with Gasteiger partial charge in [-0.3, -0.25) is 0 Å². The van der Waals surface area contributed by atoms with E-state index in [2.05, 4.69) is 10.6 Å². The zero-order valence-electron chi connectivity index (χ0n) is 8.91. The minimum atomic E-state index is -0.197. The van der Waals surface area contributed by atoms with Gasteiger partial charge in [-0.15, -0.1) is 0 Å². The average Bonchev–Trinajstić information content (AvgIpc) is 2.99. The average molecular weight is 213 g/mol. The van der Waals surface area contributed by atoms with Gasteiger partial charge in [-0.1, -0.05) is 0 Å². The van der Waals surface area contributed by atoms with Crippen molar-refractivity contribution < 1.29 is 9.90 Å². The molecule has 0 radical (unpaired) electrons. The summed E-state index contributed by atoms with van der Waals surface area (Å²) in [7, 11) is 0. The second kappa shape index (κ2) is 4.81. The van der Waals surface area contributed by atoms with Crippen LogP contribution >= 0.6 is 0 Å². The highest BCUT2D eigenvalue weighted by molar-refractivity contribution is 5.76. The van der Waals surface area contributed by atoms with E-state index in [1.807, 2.05) is 0 Å². The highest BCUT2D eigenvalue weighted by atomic mass is 16.3. The molecule has 0 bridgehead atoms. The molecular weight excluding hydrogens is 194 g/mol. The van der Waals surface area contributed by atoms with Crippen molar-refractivity contribution in [2.24, 2.45) is 5.92 Å². The topological polar surface area (TPSA) is 64.6 Å². The molecule has 86 valence electrons. The van der Waals surface area contributed by atoms with Crippen molar-refractivity contribution in [3.8, 4) is 0 Å². The highest BCUT2D eigenvalue weighted by Crippen LogP contribution is 2.32. The molecule has 0 spiro atoms. The lowest BCUT2D eigenvalue weighted by atomic mass is 10.2. The largest absolute Gasteiger partial charge is 0.392 e. The Bertz CT molecular complexity index is 231. The minimum absolute atomic E-state index is 0.0274. The zero-order chi connectivity index (χ0) is 10.7. The van der Waals surface area contributed by atoms with E-state index in [1.54, 1.807) is 4.90 Å². The van der Waals surface area contributed by atoms with Crippen LogP contribution in [0, 0.1) is 5.92 Å². The predicted octanol–water partition coefficient (Wildman–Crippen LogP) is -0.628. The number of nitrogens with one attached hydrogen (secondary N) is 2. The molecule has 1 saturated carbocycles. The molecule has 2 fully saturated rings. The molecule has 1 atom stereocenters. The van der Waals surface area contributed by atoms with Crippen LogP contribution in [0.15, 0.2) is 0 Å². The maximum atomic E-state index is 11.2. The fourth-order valence-electron chi connectivity index (χ4n) is 1.84. The van der Waals surface area contributed by atoms with Gasteiger partial charge in [-0.2, -0.15) is 0 Å². The summed E-state index contributed by atoms with van der Waals surface area (Å²) in [5.74, 6) is 0.521. The molecule has 5 nitrogen and oxygen atoms in total. The Kier molecular flexibility index (Phi) is 3.43. The third-order valence-corrected chi connectivity index (χ3v) is 3.02. The smallest absolute Gasteiger partial charge is 0.317 e. The highest BCUT2D eigenvalue weighted by Gasteiger charge is 2.29. The van der Waals surface area contributed by atoms with Gasteiger partial charge in [-0.25, -0.2) is 4.79 Å². The van der Waals surface area contributed by atoms with Gasteiger partial charge in [0, 0.05) is 32.7 Å². The Hall–Kier alpha value is -0.810. The molecule has 1 aliphatic carbocycles. The second-order valence-electron chi connectivity index (χ2n) is 4.33. The van der Waals surface area contributed by atoms with Crippen LogP contribution in [0.2, 0.25) is 0 Å². The number of carbonyl (C=O) groups is 1. The molecule has 3 N–H and O–H groups in total. The van der Waals surface area contributed by atoms with E-state index in [0.29, 0.717) is 12.5 Å². The van der Waals surface area contributed by atoms with E-state index in [9.17, 15) is 9.90 Å². The van der Waals surface area contributed by atoms with Gasteiger partial charge in [0.2, 0.25) is 0 Å². The summed E-state index contributed by atoms with van der Waals surface area (Å²) in [6.07, 6.45) is 2.13. The summed E-state index contributed by atoms with van der Waals surface area (Å²) >= 11 is 0. The number of aliphatic hydroxyl groups is 1. The molecule has 0 aromatic carbocycles. The molecule has 2 aliphatic rings. The zero-order valence-corrected chi connectivity index (χ0v) is 8.91. The number of hydrogen-bond acceptors (Lipinski definition) is 3. The SMILES string of the molecule is O=C1NCCN1CCNCC(O)C1CC1. The van der Waals surface area contributed by atoms with Crippen molar-refractivity contribution in [3.05, 3.63) is 0 Å². The summed E-state index contributed by atoms with van der Waals surface area (Å²) in [5.41, 5.74) is 0. The number of urea groups is 1. The predicted molar refractivity (Wildman–Crippen MR) is 56.6 cm³/mol. The van der Waals surface area contributed by atoms with E-state index < -0.39 is 0 Å². The number of aliphatic hydroxyl groups excluding tert-OH is 1. The number of carbonyl (C=O) groups excluding carboxylic acids is 1. The van der Waals surface area contributed by atoms with Gasteiger partial charge in [0.15, 0.2) is 0 Å². The first-order valence-electron chi connectivity index (χ1n) is 5.69. The van der Waals surface area contributed by atoms with Gasteiger partial charge < -0.3 is 20.6 Å². The third kappa shape index (κ3) is 3.07. The van der Waals surface area contributed by atoms with Crippen molar-refractivity contribution in [3.63, 3.8) is 0 Å². The Morgan fingerprint density at radius 1 is 1.60 bits per heavy atom. The number of nitrogens with zero attached hydrogens (tertiary/aromatic N) is 1. The normalized spacial score (nSPS) is 23.0. The number of hydrogen-bond donors (Lipinski definition) is 3. The van der Waals surface area contributed by atoms with Gasteiger partial charge >= 0.3 is 6.03 Å². The Morgan fingerprint density at radius 3 is 3.00 bits per heavy atom. The van der Waals surface area contributed by atoms with Crippen molar-refractivity contribution in [2.75, 3.05) is 32.7 Å². The third-order valence-electron chi connectivity index (χ3n) is 3.02. The van der Waals surface area contributed by atoms with Crippen molar-refractivity contribution in [1.82, 2.24) is 15.5 Å². The van der Waals surface area contributed by atoms with E-state index in [0.717, 1.165) is 39.0 Å². The Balaban J connectivity index is 1.52. The van der Waals surface area contributed by atoms with Gasteiger partial charge in [0.05, 0.1) is 6.10 Å². The van der Waals surface area contributed by atoms with Crippen molar-refractivity contribution in [2.45, 2.75) is 18.9 Å². The molecule has 1 saturated heterocycles. The summed E-state index contributed by atoms with van der Waals surface area (Å²) in [6, 6.07) is 0.0274. The quantitative estimate of drug-likeness (QED) is 0.515. The second-order valence-corrected chi connectivity index (χ2v) is 4.33. The first kappa shape index (κ1) is 10.7. The van der Waals surface area contributed by atoms with E-state index in [-0.39, 0.29) is 12.1 Å². The molecule has 2 rings (SSSR count). The summed E-state index contributed by atoms with van der Waals surface area (Å²) < 4.78 is 0. The van der Waals surface area contributed by atoms with Crippen LogP contribution < -0.4 is 10.6 Å². The molecule has 1 aliphatic heterocycles. The van der Waals surface area contributed by atoms with Gasteiger partial charge in [0.25, 0.3) is 0 Å². The van der Waals surface area contributed by atoms with Crippen LogP contribution in [0.4, 0.5) is 4.79 Å². The lowest BCUT2D eigenvalue weighted by Crippen LogP contribution is -2.37. The fourth-order valence-corrected chi connectivity index (χ4v) is 1.84. The minimum Gasteiger partial charge on any atom is -0.392 e. The Morgan fingerprint density at radius 2 is 2.40 bits per heavy atom. The maximum absolute atomic E-state index is 11.2.